The van der Waals surface area contributed by atoms with Gasteiger partial charge in [-0.2, -0.15) is 0 Å². The van der Waals surface area contributed by atoms with Crippen LogP contribution in [0, 0.1) is 20.2 Å². The number of hydrogen-bond acceptors (Lipinski definition) is 5. The largest absolute Gasteiger partial charge is 0.442 e. The summed E-state index contributed by atoms with van der Waals surface area (Å²) in [6.07, 6.45) is 0. The van der Waals surface area contributed by atoms with Gasteiger partial charge in [0.2, 0.25) is 0 Å². The number of hydrogen-bond donors (Lipinski definition) is 1. The van der Waals surface area contributed by atoms with Gasteiger partial charge in [-0.3, -0.25) is 20.2 Å². The molecule has 0 bridgehead atoms. The first-order valence-electron chi connectivity index (χ1n) is 1.36. The van der Waals surface area contributed by atoms with E-state index in [2.05, 4.69) is 0 Å². The number of nitrogens with zero attached hydrogens (tertiary/aromatic N) is 2. The Kier molecular flexibility index (Phi) is 4.87. The lowest BCUT2D eigenvalue weighted by molar-refractivity contribution is -0.689. The molecule has 0 unspecified atom stereocenters. The molecule has 0 fully saturated rings. The monoisotopic (exact) mass is 123 g/mol. The summed E-state index contributed by atoms with van der Waals surface area (Å²) in [5, 5.41) is 18.3. The molecule has 7 nitrogen and oxygen atoms in total. The third-order valence-corrected chi connectivity index (χ3v) is 0.231. The van der Waals surface area contributed by atoms with Gasteiger partial charge in [-0.1, -0.05) is 0 Å². The highest BCUT2D eigenvalue weighted by atomic mass is 16.7. The highest BCUT2D eigenvalue weighted by molar-refractivity contribution is 4.04. The Hall–Kier alpha value is -1.24. The van der Waals surface area contributed by atoms with Crippen LogP contribution in [0.25, 0.3) is 0 Å². The van der Waals surface area contributed by atoms with Gasteiger partial charge < -0.3 is 6.15 Å². The first-order valence-corrected chi connectivity index (χ1v) is 1.36. The van der Waals surface area contributed by atoms with Crippen molar-refractivity contribution in [2.24, 2.45) is 0 Å². The maximum atomic E-state index is 9.17. The minimum atomic E-state index is -1.19. The van der Waals surface area contributed by atoms with Gasteiger partial charge in [0.1, 0.15) is 0 Å². The SMILES string of the molecule is N.O=[N+]([O-])C[N+](=O)[O-]. The maximum absolute atomic E-state index is 9.17. The molecule has 0 aromatic rings. The van der Waals surface area contributed by atoms with Crippen molar-refractivity contribution >= 4 is 0 Å². The van der Waals surface area contributed by atoms with Crippen LogP contribution < -0.4 is 6.15 Å². The average molecular weight is 123 g/mol. The van der Waals surface area contributed by atoms with Crippen LogP contribution in [0.5, 0.6) is 0 Å². The van der Waals surface area contributed by atoms with Crippen molar-refractivity contribution in [3.05, 3.63) is 20.2 Å². The summed E-state index contributed by atoms with van der Waals surface area (Å²) in [6, 6.07) is 0. The molecule has 0 aliphatic carbocycles. The Morgan fingerprint density at radius 2 is 1.38 bits per heavy atom. The Morgan fingerprint density at radius 3 is 1.38 bits per heavy atom. The zero-order valence-corrected chi connectivity index (χ0v) is 3.94. The van der Waals surface area contributed by atoms with Crippen LogP contribution in [0.3, 0.4) is 0 Å². The molecule has 0 aromatic carbocycles. The molecule has 0 aliphatic rings. The summed E-state index contributed by atoms with van der Waals surface area (Å²) in [7, 11) is 0. The van der Waals surface area contributed by atoms with E-state index >= 15 is 0 Å². The molecule has 3 N–H and O–H groups in total. The van der Waals surface area contributed by atoms with E-state index in [0.29, 0.717) is 0 Å². The van der Waals surface area contributed by atoms with E-state index in [1.54, 1.807) is 0 Å². The third-order valence-electron chi connectivity index (χ3n) is 0.231. The second-order valence-corrected chi connectivity index (χ2v) is 0.807. The molecule has 0 amide bonds. The molecule has 0 spiro atoms. The van der Waals surface area contributed by atoms with E-state index in [-0.39, 0.29) is 6.15 Å². The summed E-state index contributed by atoms with van der Waals surface area (Å²) in [4.78, 5) is 16.3. The molecule has 0 heterocycles. The van der Waals surface area contributed by atoms with Crippen molar-refractivity contribution in [1.29, 1.82) is 0 Å². The number of rotatable bonds is 2. The fourth-order valence-electron chi connectivity index (χ4n) is 0.0943. The van der Waals surface area contributed by atoms with Gasteiger partial charge in [-0.25, -0.2) is 0 Å². The fourth-order valence-corrected chi connectivity index (χ4v) is 0.0943. The van der Waals surface area contributed by atoms with E-state index in [9.17, 15) is 20.2 Å². The second kappa shape index (κ2) is 3.93. The minimum Gasteiger partial charge on any atom is -0.344 e. The van der Waals surface area contributed by atoms with Crippen LogP contribution in [0.4, 0.5) is 0 Å². The van der Waals surface area contributed by atoms with Crippen molar-refractivity contribution < 1.29 is 9.85 Å². The lowest BCUT2D eigenvalue weighted by atomic mass is 11.2. The first kappa shape index (κ1) is 9.90. The summed E-state index contributed by atoms with van der Waals surface area (Å²) < 4.78 is 0. The molecule has 0 rings (SSSR count). The van der Waals surface area contributed by atoms with Crippen LogP contribution in [0.1, 0.15) is 0 Å². The molecule has 0 aliphatic heterocycles. The summed E-state index contributed by atoms with van der Waals surface area (Å²) >= 11 is 0. The van der Waals surface area contributed by atoms with Crippen molar-refractivity contribution in [3.8, 4) is 0 Å². The summed E-state index contributed by atoms with van der Waals surface area (Å²) in [5.74, 6) is 0. The van der Waals surface area contributed by atoms with E-state index in [0.717, 1.165) is 0 Å². The topological polar surface area (TPSA) is 121 Å². The first-order chi connectivity index (χ1) is 3.13. The second-order valence-electron chi connectivity index (χ2n) is 0.807. The predicted molar refractivity (Wildman–Crippen MR) is 23.9 cm³/mol. The van der Waals surface area contributed by atoms with E-state index in [4.69, 9.17) is 0 Å². The van der Waals surface area contributed by atoms with E-state index in [1.165, 1.54) is 0 Å². The van der Waals surface area contributed by atoms with E-state index in [1.807, 2.05) is 0 Å². The highest BCUT2D eigenvalue weighted by Gasteiger charge is 2.02. The number of nitro groups is 2. The lowest BCUT2D eigenvalue weighted by Crippen LogP contribution is -2.10. The Bertz CT molecular complexity index is 87.5. The van der Waals surface area contributed by atoms with Crippen LogP contribution in [-0.4, -0.2) is 16.5 Å². The molecule has 0 saturated carbocycles. The van der Waals surface area contributed by atoms with Crippen LogP contribution in [0.2, 0.25) is 0 Å². The third kappa shape index (κ3) is 8.83. The van der Waals surface area contributed by atoms with Gasteiger partial charge in [0, 0.05) is 0 Å². The smallest absolute Gasteiger partial charge is 0.344 e. The summed E-state index contributed by atoms with van der Waals surface area (Å²) in [5.41, 5.74) is 0. The lowest BCUT2D eigenvalue weighted by Gasteiger charge is -1.79. The average Bonchev–Trinajstić information content (AvgIpc) is 1.27. The normalized spacial score (nSPS) is 7.00. The molecule has 0 radical (unpaired) electrons. The van der Waals surface area contributed by atoms with Crippen molar-refractivity contribution in [3.63, 3.8) is 0 Å². The predicted octanol–water partition coefficient (Wildman–Crippen LogP) is -0.341. The van der Waals surface area contributed by atoms with Crippen molar-refractivity contribution in [2.75, 3.05) is 6.67 Å². The zero-order valence-electron chi connectivity index (χ0n) is 3.94. The van der Waals surface area contributed by atoms with Gasteiger partial charge in [0.25, 0.3) is 0 Å². The highest BCUT2D eigenvalue weighted by Crippen LogP contribution is 1.66. The van der Waals surface area contributed by atoms with Crippen molar-refractivity contribution in [1.82, 2.24) is 6.15 Å². The molecule has 0 saturated heterocycles. The molecule has 0 aromatic heterocycles. The minimum absolute atomic E-state index is 0. The molecular weight excluding hydrogens is 118 g/mol. The van der Waals surface area contributed by atoms with E-state index < -0.39 is 16.5 Å². The summed E-state index contributed by atoms with van der Waals surface area (Å²) in [6.45, 7) is -1.19. The van der Waals surface area contributed by atoms with Gasteiger partial charge in [0.15, 0.2) is 0 Å². The standard InChI is InChI=1S/CH2N2O4.H3N/c4-2(5)1-3(6)7;/h1H2;1H3. The van der Waals surface area contributed by atoms with Gasteiger partial charge >= 0.3 is 6.67 Å². The van der Waals surface area contributed by atoms with Gasteiger partial charge in [-0.05, 0) is 0 Å². The molecule has 0 atom stereocenters. The maximum Gasteiger partial charge on any atom is 0.442 e. The molecule has 7 heteroatoms. The molecular formula is CH5N3O4. The molecule has 48 valence electrons. The Morgan fingerprint density at radius 1 is 1.12 bits per heavy atom. The van der Waals surface area contributed by atoms with Crippen LogP contribution in [-0.2, 0) is 0 Å². The zero-order chi connectivity index (χ0) is 5.86. The van der Waals surface area contributed by atoms with Crippen molar-refractivity contribution in [2.45, 2.75) is 0 Å². The molecule has 8 heavy (non-hydrogen) atoms. The van der Waals surface area contributed by atoms with Crippen LogP contribution >= 0.6 is 0 Å². The quantitative estimate of drug-likeness (QED) is 0.305. The van der Waals surface area contributed by atoms with Gasteiger partial charge in [0.05, 0.1) is 9.85 Å². The Balaban J connectivity index is 0. The van der Waals surface area contributed by atoms with Crippen LogP contribution in [0.15, 0.2) is 0 Å². The fraction of sp³-hybridized carbons (Fsp3) is 1.00. The Labute approximate surface area is 44.2 Å². The van der Waals surface area contributed by atoms with Gasteiger partial charge in [-0.15, -0.1) is 0 Å².